The summed E-state index contributed by atoms with van der Waals surface area (Å²) in [6, 6.07) is 6.83. The van der Waals surface area contributed by atoms with Crippen molar-refractivity contribution < 1.29 is 30.7 Å². The summed E-state index contributed by atoms with van der Waals surface area (Å²) in [5.74, 6) is -1.34. The average molecular weight is 556 g/mol. The van der Waals surface area contributed by atoms with Crippen molar-refractivity contribution in [3.63, 3.8) is 0 Å². The maximum atomic E-state index is 13.0. The number of rotatable bonds is 6. The molecule has 1 unspecified atom stereocenters. The quantitative estimate of drug-likeness (QED) is 0.423. The first-order valence-corrected chi connectivity index (χ1v) is 13.2. The molecule has 0 spiro atoms. The zero-order valence-electron chi connectivity index (χ0n) is 19.3. The van der Waals surface area contributed by atoms with Crippen LogP contribution < -0.4 is 10.3 Å². The molecule has 1 atom stereocenters. The molecule has 1 aromatic carbocycles. The van der Waals surface area contributed by atoms with Crippen molar-refractivity contribution >= 4 is 44.2 Å². The minimum absolute atomic E-state index is 0.0299. The number of fused-ring (bicyclic) bond motifs is 1. The number of benzene rings is 1. The second kappa shape index (κ2) is 9.25. The van der Waals surface area contributed by atoms with Gasteiger partial charge in [-0.15, -0.1) is 11.6 Å². The van der Waals surface area contributed by atoms with E-state index < -0.39 is 33.1 Å². The number of nitrogens with zero attached hydrogens (tertiary/aromatic N) is 2. The van der Waals surface area contributed by atoms with Crippen LogP contribution in [0.25, 0.3) is 16.6 Å². The van der Waals surface area contributed by atoms with Crippen LogP contribution in [0.5, 0.6) is 0 Å². The van der Waals surface area contributed by atoms with Crippen LogP contribution in [0.2, 0.25) is 0 Å². The first-order valence-electron chi connectivity index (χ1n) is 11.3. The molecule has 1 N–H and O–H groups in total. The van der Waals surface area contributed by atoms with E-state index >= 15 is 0 Å². The average Bonchev–Trinajstić information content (AvgIpc) is 3.30. The molecule has 1 saturated carbocycles. The van der Waals surface area contributed by atoms with E-state index in [2.05, 4.69) is 9.71 Å². The number of oxazole rings is 1. The molecule has 1 fully saturated rings. The summed E-state index contributed by atoms with van der Waals surface area (Å²) in [6.07, 6.45) is 0.00535. The number of ether oxygens (including phenoxy) is 1. The molecule has 5 rings (SSSR count). The Morgan fingerprint density at radius 1 is 1.22 bits per heavy atom. The number of alkyl halides is 4. The summed E-state index contributed by atoms with van der Waals surface area (Å²) in [5, 5.41) is -0.175. The lowest BCUT2D eigenvalue weighted by molar-refractivity contribution is -0.201. The maximum absolute atomic E-state index is 13.0. The summed E-state index contributed by atoms with van der Waals surface area (Å²) in [5.41, 5.74) is 1.10. The second-order valence-corrected chi connectivity index (χ2v) is 11.1. The molecule has 196 valence electrons. The minimum atomic E-state index is -4.23. The lowest BCUT2D eigenvalue weighted by atomic mass is 9.69. The molecule has 0 amide bonds. The lowest BCUT2D eigenvalue weighted by Crippen LogP contribution is -2.38. The number of nitrogens with one attached hydrogen (secondary N) is 1. The van der Waals surface area contributed by atoms with Gasteiger partial charge in [-0.1, -0.05) is 0 Å². The van der Waals surface area contributed by atoms with Crippen LogP contribution in [-0.4, -0.2) is 36.6 Å². The van der Waals surface area contributed by atoms with E-state index in [1.807, 2.05) is 0 Å². The molecule has 37 heavy (non-hydrogen) atoms. The number of hydrogen-bond acceptors (Lipinski definition) is 6. The predicted molar refractivity (Wildman–Crippen MR) is 130 cm³/mol. The Morgan fingerprint density at radius 2 is 1.97 bits per heavy atom. The predicted octanol–water partition coefficient (Wildman–Crippen LogP) is 5.13. The highest BCUT2D eigenvalue weighted by Gasteiger charge is 2.49. The maximum Gasteiger partial charge on any atom is 0.391 e. The van der Waals surface area contributed by atoms with Gasteiger partial charge in [-0.2, -0.15) is 13.2 Å². The number of hydrogen-bond donors (Lipinski definition) is 1. The summed E-state index contributed by atoms with van der Waals surface area (Å²) < 4.78 is 78.5. The highest BCUT2D eigenvalue weighted by atomic mass is 35.5. The van der Waals surface area contributed by atoms with Crippen molar-refractivity contribution in [1.82, 2.24) is 9.55 Å². The molecule has 0 radical (unpaired) electrons. The first kappa shape index (κ1) is 25.4. The molecule has 3 aromatic rings. The fourth-order valence-electron chi connectivity index (χ4n) is 4.74. The van der Waals surface area contributed by atoms with Crippen molar-refractivity contribution in [3.05, 3.63) is 70.6 Å². The van der Waals surface area contributed by atoms with E-state index in [-0.39, 0.29) is 36.1 Å². The third kappa shape index (κ3) is 4.75. The number of sulfonamides is 1. The number of pyridine rings is 1. The van der Waals surface area contributed by atoms with E-state index in [4.69, 9.17) is 20.8 Å². The molecular formula is C24H21ClF3N3O5S. The van der Waals surface area contributed by atoms with Crippen molar-refractivity contribution in [2.45, 2.75) is 35.7 Å². The fraction of sp³-hybridized carbons (Fsp3) is 0.333. The molecule has 0 aliphatic heterocycles. The normalized spacial score (nSPS) is 22.5. The van der Waals surface area contributed by atoms with Gasteiger partial charge in [0.1, 0.15) is 12.0 Å². The van der Waals surface area contributed by atoms with Gasteiger partial charge < -0.3 is 9.15 Å². The second-order valence-electron chi connectivity index (χ2n) is 8.91. The Kier molecular flexibility index (Phi) is 6.35. The molecule has 0 bridgehead atoms. The monoisotopic (exact) mass is 555 g/mol. The largest absolute Gasteiger partial charge is 0.495 e. The van der Waals surface area contributed by atoms with E-state index in [9.17, 15) is 26.4 Å². The molecule has 0 saturated heterocycles. The third-order valence-corrected chi connectivity index (χ3v) is 8.43. The SMILES string of the molecule is COC1=C(n2c(=O)ccc3cc(S(=O)(=O)Nc4ncco4)ccc32)CC(Cl)C([C@H]2C[C@H](C(F)(F)F)C2)=C1. The van der Waals surface area contributed by atoms with Crippen LogP contribution in [0.4, 0.5) is 19.2 Å². The van der Waals surface area contributed by atoms with Crippen LogP contribution in [0.15, 0.2) is 74.3 Å². The Morgan fingerprint density at radius 3 is 2.62 bits per heavy atom. The standard InChI is InChI=1S/C24H21ClF3N3O5S/c1-35-21-11-17(14-8-15(9-14)24(26,27)28)18(25)12-20(21)31-19-4-3-16(10-13(19)2-5-22(31)32)37(33,34)30-23-29-6-7-36-23/h2-7,10-11,14-15,18H,8-9,12H2,1H3,(H,29,30)/t14-,15-,18?. The first-order chi connectivity index (χ1) is 17.5. The number of methoxy groups -OCH3 is 1. The summed E-state index contributed by atoms with van der Waals surface area (Å²) in [4.78, 5) is 16.6. The van der Waals surface area contributed by atoms with Gasteiger partial charge in [-0.25, -0.2) is 18.1 Å². The van der Waals surface area contributed by atoms with Crippen molar-refractivity contribution in [3.8, 4) is 0 Å². The molecule has 2 heterocycles. The van der Waals surface area contributed by atoms with E-state index in [1.165, 1.54) is 54.5 Å². The number of anilines is 1. The Balaban J connectivity index is 1.53. The van der Waals surface area contributed by atoms with Crippen molar-refractivity contribution in [2.24, 2.45) is 11.8 Å². The van der Waals surface area contributed by atoms with Gasteiger partial charge in [0, 0.05) is 17.9 Å². The van der Waals surface area contributed by atoms with Gasteiger partial charge in [0.2, 0.25) is 0 Å². The Labute approximate surface area is 214 Å². The van der Waals surface area contributed by atoms with E-state index in [0.717, 1.165) is 0 Å². The molecule has 2 aromatic heterocycles. The van der Waals surface area contributed by atoms with Crippen LogP contribution >= 0.6 is 11.6 Å². The van der Waals surface area contributed by atoms with E-state index in [1.54, 1.807) is 6.08 Å². The summed E-state index contributed by atoms with van der Waals surface area (Å²) in [6.45, 7) is 0. The number of halogens is 4. The smallest absolute Gasteiger partial charge is 0.391 e. The van der Waals surface area contributed by atoms with Gasteiger partial charge in [0.25, 0.3) is 15.6 Å². The molecule has 8 nitrogen and oxygen atoms in total. The summed E-state index contributed by atoms with van der Waals surface area (Å²) >= 11 is 6.62. The van der Waals surface area contributed by atoms with Gasteiger partial charge in [-0.3, -0.25) is 9.36 Å². The lowest BCUT2D eigenvalue weighted by Gasteiger charge is -2.40. The highest BCUT2D eigenvalue weighted by Crippen LogP contribution is 2.50. The Bertz CT molecular complexity index is 1570. The summed E-state index contributed by atoms with van der Waals surface area (Å²) in [7, 11) is -2.61. The van der Waals surface area contributed by atoms with Crippen LogP contribution in [0.1, 0.15) is 19.3 Å². The number of allylic oxidation sites excluding steroid dienone is 3. The molecule has 2 aliphatic carbocycles. The van der Waals surface area contributed by atoms with Gasteiger partial charge in [0.05, 0.1) is 40.7 Å². The third-order valence-electron chi connectivity index (χ3n) is 6.71. The topological polar surface area (TPSA) is 103 Å². The number of aromatic nitrogens is 2. The molecular weight excluding hydrogens is 535 g/mol. The van der Waals surface area contributed by atoms with E-state index in [0.29, 0.717) is 27.9 Å². The van der Waals surface area contributed by atoms with Crippen LogP contribution in [-0.2, 0) is 14.8 Å². The molecule has 13 heteroatoms. The van der Waals surface area contributed by atoms with Crippen LogP contribution in [0, 0.1) is 11.8 Å². The zero-order valence-corrected chi connectivity index (χ0v) is 20.9. The van der Waals surface area contributed by atoms with Gasteiger partial charge in [0.15, 0.2) is 0 Å². The zero-order chi connectivity index (χ0) is 26.5. The minimum Gasteiger partial charge on any atom is -0.495 e. The molecule has 2 aliphatic rings. The highest BCUT2D eigenvalue weighted by molar-refractivity contribution is 7.92. The van der Waals surface area contributed by atoms with Gasteiger partial charge >= 0.3 is 12.2 Å². The fourth-order valence-corrected chi connectivity index (χ4v) is 6.10. The van der Waals surface area contributed by atoms with Gasteiger partial charge in [-0.05, 0) is 54.7 Å². The van der Waals surface area contributed by atoms with Crippen LogP contribution in [0.3, 0.4) is 0 Å². The van der Waals surface area contributed by atoms with Crippen molar-refractivity contribution in [1.29, 1.82) is 0 Å². The Hall–Kier alpha value is -3.25. The van der Waals surface area contributed by atoms with Crippen molar-refractivity contribution in [2.75, 3.05) is 11.8 Å².